The van der Waals surface area contributed by atoms with Crippen LogP contribution in [-0.2, 0) is 11.2 Å². The number of likely N-dealkylation sites (tertiary alicyclic amines) is 1. The third kappa shape index (κ3) is 2.84. The van der Waals surface area contributed by atoms with Gasteiger partial charge in [0.2, 0.25) is 5.91 Å². The molecule has 92 valence electrons. The molecular formula is C13H17NO3. The molecule has 1 amide bonds. The Bertz CT molecular complexity index is 380. The van der Waals surface area contributed by atoms with Gasteiger partial charge in [-0.05, 0) is 12.0 Å². The molecule has 1 aliphatic rings. The average Bonchev–Trinajstić information content (AvgIpc) is 2.72. The molecule has 0 radical (unpaired) electrons. The van der Waals surface area contributed by atoms with Crippen molar-refractivity contribution in [3.8, 4) is 0 Å². The van der Waals surface area contributed by atoms with E-state index in [1.165, 1.54) is 0 Å². The lowest BCUT2D eigenvalue weighted by Crippen LogP contribution is -2.38. The number of carbonyl (C=O) groups is 1. The molecule has 1 aliphatic heterocycles. The maximum absolute atomic E-state index is 12.0. The van der Waals surface area contributed by atoms with Crippen molar-refractivity contribution in [2.45, 2.75) is 25.0 Å². The standard InChI is InChI=1S/C13H17NO3/c15-9-11-7-12(16)8-14(11)13(17)6-10-4-2-1-3-5-10/h1-5,11-12,15-16H,6-9H2/t11-,12+/m0/s1. The van der Waals surface area contributed by atoms with Gasteiger partial charge in [-0.1, -0.05) is 30.3 Å². The monoisotopic (exact) mass is 235 g/mol. The van der Waals surface area contributed by atoms with E-state index in [2.05, 4.69) is 0 Å². The summed E-state index contributed by atoms with van der Waals surface area (Å²) in [7, 11) is 0. The molecule has 2 rings (SSSR count). The summed E-state index contributed by atoms with van der Waals surface area (Å²) < 4.78 is 0. The highest BCUT2D eigenvalue weighted by atomic mass is 16.3. The van der Waals surface area contributed by atoms with Gasteiger partial charge in [0.15, 0.2) is 0 Å². The van der Waals surface area contributed by atoms with E-state index in [-0.39, 0.29) is 18.6 Å². The van der Waals surface area contributed by atoms with Crippen LogP contribution in [0.5, 0.6) is 0 Å². The molecule has 1 fully saturated rings. The second-order valence-corrected chi connectivity index (χ2v) is 4.43. The number of β-amino-alcohol motifs (C(OH)–C–C–N with tert-alkyl or cyclic N) is 1. The first-order chi connectivity index (χ1) is 8.20. The van der Waals surface area contributed by atoms with E-state index in [1.807, 2.05) is 30.3 Å². The summed E-state index contributed by atoms with van der Waals surface area (Å²) in [6, 6.07) is 9.26. The Kier molecular flexibility index (Phi) is 3.76. The van der Waals surface area contributed by atoms with E-state index in [1.54, 1.807) is 4.90 Å². The molecule has 4 heteroatoms. The van der Waals surface area contributed by atoms with Gasteiger partial charge in [-0.15, -0.1) is 0 Å². The Morgan fingerprint density at radius 3 is 2.71 bits per heavy atom. The van der Waals surface area contributed by atoms with Crippen molar-refractivity contribution in [1.82, 2.24) is 4.90 Å². The predicted molar refractivity (Wildman–Crippen MR) is 63.4 cm³/mol. The van der Waals surface area contributed by atoms with E-state index < -0.39 is 6.10 Å². The van der Waals surface area contributed by atoms with E-state index in [4.69, 9.17) is 5.11 Å². The van der Waals surface area contributed by atoms with E-state index in [9.17, 15) is 9.90 Å². The topological polar surface area (TPSA) is 60.8 Å². The highest BCUT2D eigenvalue weighted by Crippen LogP contribution is 2.18. The van der Waals surface area contributed by atoms with Gasteiger partial charge in [-0.25, -0.2) is 0 Å². The number of aliphatic hydroxyl groups is 2. The molecule has 1 heterocycles. The van der Waals surface area contributed by atoms with Gasteiger partial charge in [0.1, 0.15) is 0 Å². The van der Waals surface area contributed by atoms with E-state index in [0.29, 0.717) is 19.4 Å². The summed E-state index contributed by atoms with van der Waals surface area (Å²) in [6.45, 7) is 0.245. The number of benzene rings is 1. The van der Waals surface area contributed by atoms with Gasteiger partial charge in [-0.3, -0.25) is 4.79 Å². The van der Waals surface area contributed by atoms with E-state index in [0.717, 1.165) is 5.56 Å². The van der Waals surface area contributed by atoms with Crippen LogP contribution in [0.4, 0.5) is 0 Å². The molecule has 0 aromatic heterocycles. The zero-order chi connectivity index (χ0) is 12.3. The number of carbonyl (C=O) groups excluding carboxylic acids is 1. The summed E-state index contributed by atoms with van der Waals surface area (Å²) >= 11 is 0. The molecule has 0 bridgehead atoms. The van der Waals surface area contributed by atoms with Gasteiger partial charge in [0.05, 0.1) is 25.2 Å². The number of aliphatic hydroxyl groups excluding tert-OH is 2. The predicted octanol–water partition coefficient (Wildman–Crippen LogP) is 0.183. The Labute approximate surface area is 100 Å². The number of amides is 1. The molecule has 0 spiro atoms. The minimum absolute atomic E-state index is 0.0354. The first-order valence-corrected chi connectivity index (χ1v) is 5.83. The van der Waals surface area contributed by atoms with Crippen LogP contribution in [-0.4, -0.2) is 46.3 Å². The maximum atomic E-state index is 12.0. The molecule has 1 aromatic rings. The lowest BCUT2D eigenvalue weighted by molar-refractivity contribution is -0.132. The lowest BCUT2D eigenvalue weighted by atomic mass is 10.1. The zero-order valence-corrected chi connectivity index (χ0v) is 9.62. The van der Waals surface area contributed by atoms with E-state index >= 15 is 0 Å². The fourth-order valence-corrected chi connectivity index (χ4v) is 2.24. The molecule has 0 unspecified atom stereocenters. The second-order valence-electron chi connectivity index (χ2n) is 4.43. The highest BCUT2D eigenvalue weighted by Gasteiger charge is 2.33. The number of nitrogens with zero attached hydrogens (tertiary/aromatic N) is 1. The molecule has 0 saturated carbocycles. The second kappa shape index (κ2) is 5.29. The van der Waals surface area contributed by atoms with Gasteiger partial charge in [0, 0.05) is 6.54 Å². The van der Waals surface area contributed by atoms with Crippen molar-refractivity contribution in [2.75, 3.05) is 13.2 Å². The molecule has 2 atom stereocenters. The van der Waals surface area contributed by atoms with Crippen molar-refractivity contribution >= 4 is 5.91 Å². The van der Waals surface area contributed by atoms with Crippen LogP contribution in [0.2, 0.25) is 0 Å². The molecule has 2 N–H and O–H groups in total. The Morgan fingerprint density at radius 2 is 2.06 bits per heavy atom. The van der Waals surface area contributed by atoms with Gasteiger partial charge in [0.25, 0.3) is 0 Å². The number of rotatable bonds is 3. The quantitative estimate of drug-likeness (QED) is 0.786. The fraction of sp³-hybridized carbons (Fsp3) is 0.462. The van der Waals surface area contributed by atoms with Crippen LogP contribution in [0, 0.1) is 0 Å². The van der Waals surface area contributed by atoms with Crippen molar-refractivity contribution in [3.05, 3.63) is 35.9 Å². The molecule has 0 aliphatic carbocycles. The minimum atomic E-state index is -0.508. The maximum Gasteiger partial charge on any atom is 0.227 e. The molecule has 4 nitrogen and oxygen atoms in total. The van der Waals surface area contributed by atoms with Crippen molar-refractivity contribution in [3.63, 3.8) is 0 Å². The first-order valence-electron chi connectivity index (χ1n) is 5.83. The average molecular weight is 235 g/mol. The number of hydrogen-bond acceptors (Lipinski definition) is 3. The van der Waals surface area contributed by atoms with Gasteiger partial charge < -0.3 is 15.1 Å². The zero-order valence-electron chi connectivity index (χ0n) is 9.62. The van der Waals surface area contributed by atoms with Crippen LogP contribution in [0.25, 0.3) is 0 Å². The summed E-state index contributed by atoms with van der Waals surface area (Å²) in [5.41, 5.74) is 0.954. The first kappa shape index (κ1) is 12.1. The summed E-state index contributed by atoms with van der Waals surface area (Å²) in [4.78, 5) is 13.6. The summed E-state index contributed by atoms with van der Waals surface area (Å²) in [5.74, 6) is -0.0354. The summed E-state index contributed by atoms with van der Waals surface area (Å²) in [5, 5.41) is 18.7. The van der Waals surface area contributed by atoms with Crippen molar-refractivity contribution in [1.29, 1.82) is 0 Å². The smallest absolute Gasteiger partial charge is 0.227 e. The van der Waals surface area contributed by atoms with Crippen LogP contribution in [0.15, 0.2) is 30.3 Å². The molecule has 1 aromatic carbocycles. The Hall–Kier alpha value is -1.39. The largest absolute Gasteiger partial charge is 0.394 e. The van der Waals surface area contributed by atoms with Gasteiger partial charge >= 0.3 is 0 Å². The van der Waals surface area contributed by atoms with Crippen LogP contribution in [0.3, 0.4) is 0 Å². The highest BCUT2D eigenvalue weighted by molar-refractivity contribution is 5.79. The van der Waals surface area contributed by atoms with Crippen molar-refractivity contribution in [2.24, 2.45) is 0 Å². The molecular weight excluding hydrogens is 218 g/mol. The van der Waals surface area contributed by atoms with Crippen molar-refractivity contribution < 1.29 is 15.0 Å². The van der Waals surface area contributed by atoms with Gasteiger partial charge in [-0.2, -0.15) is 0 Å². The van der Waals surface area contributed by atoms with Crippen LogP contribution >= 0.6 is 0 Å². The Balaban J connectivity index is 2.00. The van der Waals surface area contributed by atoms with Crippen LogP contribution < -0.4 is 0 Å². The normalized spacial score (nSPS) is 24.0. The number of hydrogen-bond donors (Lipinski definition) is 2. The van der Waals surface area contributed by atoms with Crippen LogP contribution in [0.1, 0.15) is 12.0 Å². The minimum Gasteiger partial charge on any atom is -0.394 e. The third-order valence-electron chi connectivity index (χ3n) is 3.12. The Morgan fingerprint density at radius 1 is 1.35 bits per heavy atom. The molecule has 17 heavy (non-hydrogen) atoms. The fourth-order valence-electron chi connectivity index (χ4n) is 2.24. The SMILES string of the molecule is O=C(Cc1ccccc1)N1C[C@H](O)C[C@H]1CO. The third-order valence-corrected chi connectivity index (χ3v) is 3.12. The summed E-state index contributed by atoms with van der Waals surface area (Å²) in [6.07, 6.45) is 0.285. The molecule has 1 saturated heterocycles. The lowest BCUT2D eigenvalue weighted by Gasteiger charge is -2.22.